The van der Waals surface area contributed by atoms with Crippen LogP contribution in [0.4, 0.5) is 5.95 Å². The Hall–Kier alpha value is -3.90. The minimum absolute atomic E-state index is 0.279. The number of nitrogens with one attached hydrogen (secondary N) is 1. The molecular formula is C34H35N5O2S. The molecule has 6 rings (SSSR count). The fourth-order valence-electron chi connectivity index (χ4n) is 6.27. The fraction of sp³-hybridized carbons (Fsp3) is 0.324. The van der Waals surface area contributed by atoms with Crippen LogP contribution in [0.5, 0.6) is 5.88 Å². The van der Waals surface area contributed by atoms with E-state index in [9.17, 15) is 9.81 Å². The monoisotopic (exact) mass is 577 g/mol. The number of aromatic nitrogens is 2. The van der Waals surface area contributed by atoms with Crippen LogP contribution in [-0.4, -0.2) is 39.1 Å². The molecule has 1 fully saturated rings. The van der Waals surface area contributed by atoms with E-state index in [1.807, 2.05) is 48.5 Å². The zero-order valence-electron chi connectivity index (χ0n) is 24.0. The zero-order chi connectivity index (χ0) is 29.1. The number of anilines is 1. The average Bonchev–Trinajstić information content (AvgIpc) is 2.99. The van der Waals surface area contributed by atoms with Crippen LogP contribution >= 0.6 is 0 Å². The summed E-state index contributed by atoms with van der Waals surface area (Å²) in [5.41, 5.74) is 6.96. The summed E-state index contributed by atoms with van der Waals surface area (Å²) in [7, 11) is 0. The molecule has 0 spiro atoms. The molecule has 1 N–H and O–H groups in total. The van der Waals surface area contributed by atoms with E-state index >= 15 is 0 Å². The topological polar surface area (TPSA) is 97.1 Å². The summed E-state index contributed by atoms with van der Waals surface area (Å²) in [5.74, 6) is 1.52. The molecule has 1 saturated heterocycles. The summed E-state index contributed by atoms with van der Waals surface area (Å²) >= 11 is -1.51. The molecule has 3 atom stereocenters. The number of hydrogen-bond acceptors (Lipinski definition) is 7. The molecule has 3 heterocycles. The van der Waals surface area contributed by atoms with Gasteiger partial charge in [0.25, 0.3) is 5.95 Å². The van der Waals surface area contributed by atoms with Crippen LogP contribution in [-0.2, 0) is 24.3 Å². The number of ether oxygens (including phenoxy) is 1. The highest BCUT2D eigenvalue weighted by Gasteiger charge is 2.31. The summed E-state index contributed by atoms with van der Waals surface area (Å²) in [6, 6.07) is 26.3. The van der Waals surface area contributed by atoms with Crippen molar-refractivity contribution in [1.82, 2.24) is 14.9 Å². The van der Waals surface area contributed by atoms with Gasteiger partial charge in [-0.1, -0.05) is 48.5 Å². The molecule has 8 heteroatoms. The van der Waals surface area contributed by atoms with Crippen LogP contribution in [0.3, 0.4) is 0 Å². The molecule has 42 heavy (non-hydrogen) atoms. The summed E-state index contributed by atoms with van der Waals surface area (Å²) < 4.78 is 22.8. The Balaban J connectivity index is 1.33. The van der Waals surface area contributed by atoms with Crippen molar-refractivity contribution in [3.63, 3.8) is 0 Å². The van der Waals surface area contributed by atoms with E-state index in [-0.39, 0.29) is 5.95 Å². The third-order valence-corrected chi connectivity index (χ3v) is 9.54. The van der Waals surface area contributed by atoms with Gasteiger partial charge in [0.2, 0.25) is 5.88 Å². The first-order valence-electron chi connectivity index (χ1n) is 14.5. The molecule has 0 saturated carbocycles. The predicted octanol–water partition coefficient (Wildman–Crippen LogP) is 6.23. The Morgan fingerprint density at radius 3 is 2.64 bits per heavy atom. The number of benzene rings is 3. The number of rotatable bonds is 3. The second-order valence-electron chi connectivity index (χ2n) is 11.4. The minimum Gasteiger partial charge on any atom is -0.588 e. The number of piperidine rings is 1. The molecule has 214 valence electrons. The number of hydrogen-bond donors (Lipinski definition) is 1. The summed E-state index contributed by atoms with van der Waals surface area (Å²) in [6.07, 6.45) is 3.00. The van der Waals surface area contributed by atoms with Gasteiger partial charge in [-0.2, -0.15) is 15.0 Å². The molecule has 4 aromatic rings. The van der Waals surface area contributed by atoms with Gasteiger partial charge in [0, 0.05) is 30.6 Å². The van der Waals surface area contributed by atoms with Crippen molar-refractivity contribution >= 4 is 17.3 Å². The van der Waals surface area contributed by atoms with E-state index in [2.05, 4.69) is 58.8 Å². The largest absolute Gasteiger partial charge is 0.588 e. The molecule has 0 aliphatic carbocycles. The third-order valence-electron chi connectivity index (χ3n) is 8.49. The maximum absolute atomic E-state index is 13.3. The normalized spacial score (nSPS) is 20.8. The van der Waals surface area contributed by atoms with Crippen LogP contribution in [0.25, 0.3) is 11.3 Å². The molecular weight excluding hydrogens is 542 g/mol. The average molecular weight is 578 g/mol. The first-order valence-corrected chi connectivity index (χ1v) is 15.7. The van der Waals surface area contributed by atoms with Crippen molar-refractivity contribution in [1.29, 1.82) is 5.26 Å². The van der Waals surface area contributed by atoms with E-state index in [0.717, 1.165) is 72.4 Å². The van der Waals surface area contributed by atoms with Crippen molar-refractivity contribution < 1.29 is 9.29 Å². The number of nitriles is 1. The molecule has 2 unspecified atom stereocenters. The third kappa shape index (κ3) is 6.29. The first kappa shape index (κ1) is 28.2. The molecule has 4 bridgehead atoms. The number of likely N-dealkylation sites (tertiary alicyclic amines) is 1. The Labute approximate surface area is 250 Å². The first-order chi connectivity index (χ1) is 20.5. The molecule has 2 aliphatic heterocycles. The van der Waals surface area contributed by atoms with Crippen LogP contribution in [0, 0.1) is 37.0 Å². The van der Waals surface area contributed by atoms with Gasteiger partial charge in [-0.15, -0.1) is 0 Å². The molecule has 0 radical (unpaired) electrons. The van der Waals surface area contributed by atoms with Crippen LogP contribution < -0.4 is 9.46 Å². The van der Waals surface area contributed by atoms with Gasteiger partial charge in [-0.3, -0.25) is 4.90 Å². The van der Waals surface area contributed by atoms with E-state index in [1.165, 1.54) is 5.56 Å². The standard InChI is InChI=1S/C34H35N5O2S/c1-23-7-5-8-24(2)33(23)31-18-32-37-34(36-31)38-42(40)30-12-6-9-25(17-30)13-14-26-15-16-39(21-29(26)22-41-32)20-28-11-4-3-10-27(28)19-35/h3-12,17-18,26,29H,13-16,20-22H2,1-2H3,(H,36,37,38)/t26?,29-,42?/m1/s1. The maximum Gasteiger partial charge on any atom is 0.269 e. The lowest BCUT2D eigenvalue weighted by Gasteiger charge is -2.38. The van der Waals surface area contributed by atoms with E-state index < -0.39 is 11.4 Å². The number of fused-ring (bicyclic) bond motifs is 5. The van der Waals surface area contributed by atoms with Crippen LogP contribution in [0.1, 0.15) is 40.7 Å². The highest BCUT2D eigenvalue weighted by molar-refractivity contribution is 7.92. The lowest BCUT2D eigenvalue weighted by atomic mass is 9.81. The van der Waals surface area contributed by atoms with E-state index in [1.54, 1.807) is 0 Å². The van der Waals surface area contributed by atoms with Crippen molar-refractivity contribution in [2.45, 2.75) is 44.6 Å². The second kappa shape index (κ2) is 12.5. The van der Waals surface area contributed by atoms with Crippen molar-refractivity contribution in [3.05, 3.63) is 101 Å². The van der Waals surface area contributed by atoms with Gasteiger partial charge in [0.05, 0.1) is 23.9 Å². The van der Waals surface area contributed by atoms with Crippen molar-refractivity contribution in [2.24, 2.45) is 11.8 Å². The highest BCUT2D eigenvalue weighted by atomic mass is 32.2. The molecule has 3 aromatic carbocycles. The van der Waals surface area contributed by atoms with Gasteiger partial charge >= 0.3 is 0 Å². The van der Waals surface area contributed by atoms with Crippen LogP contribution in [0.15, 0.2) is 77.7 Å². The second-order valence-corrected chi connectivity index (χ2v) is 12.6. The Morgan fingerprint density at radius 2 is 1.81 bits per heavy atom. The smallest absolute Gasteiger partial charge is 0.269 e. The quantitative estimate of drug-likeness (QED) is 0.288. The van der Waals surface area contributed by atoms with Gasteiger partial charge in [0.1, 0.15) is 11.4 Å². The highest BCUT2D eigenvalue weighted by Crippen LogP contribution is 2.33. The van der Waals surface area contributed by atoms with E-state index in [4.69, 9.17) is 9.72 Å². The number of aryl methyl sites for hydroxylation is 3. The summed E-state index contributed by atoms with van der Waals surface area (Å²) in [6.45, 7) is 7.27. The lowest BCUT2D eigenvalue weighted by molar-refractivity contribution is 0.0707. The molecule has 7 nitrogen and oxygen atoms in total. The zero-order valence-corrected chi connectivity index (χ0v) is 24.9. The fourth-order valence-corrected chi connectivity index (χ4v) is 7.11. The predicted molar refractivity (Wildman–Crippen MR) is 165 cm³/mol. The Bertz CT molecular complexity index is 1600. The lowest BCUT2D eigenvalue weighted by Crippen LogP contribution is -2.42. The molecule has 0 amide bonds. The van der Waals surface area contributed by atoms with Gasteiger partial charge in [-0.25, -0.2) is 4.98 Å². The minimum atomic E-state index is -1.51. The van der Waals surface area contributed by atoms with Crippen molar-refractivity contribution in [2.75, 3.05) is 24.4 Å². The van der Waals surface area contributed by atoms with Gasteiger partial charge in [0.15, 0.2) is 4.90 Å². The Kier molecular flexibility index (Phi) is 8.43. The van der Waals surface area contributed by atoms with Crippen molar-refractivity contribution in [3.8, 4) is 23.2 Å². The molecule has 2 aliphatic rings. The van der Waals surface area contributed by atoms with Gasteiger partial charge in [-0.05, 0) is 86.0 Å². The number of nitrogens with zero attached hydrogens (tertiary/aromatic N) is 4. The maximum atomic E-state index is 13.3. The SMILES string of the molecule is Cc1cccc(C)c1-c1cc2nc(n1)N[S+]([O-])c1cccc(c1)CCC1CCN(Cc3ccccc3C#N)C[C@@H]1CO2. The summed E-state index contributed by atoms with van der Waals surface area (Å²) in [5, 5.41) is 9.61. The van der Waals surface area contributed by atoms with E-state index in [0.29, 0.717) is 29.2 Å². The van der Waals surface area contributed by atoms with Gasteiger partial charge < -0.3 is 9.29 Å². The molecule has 1 aromatic heterocycles. The summed E-state index contributed by atoms with van der Waals surface area (Å²) in [4.78, 5) is 12.6. The Morgan fingerprint density at radius 1 is 1.00 bits per heavy atom. The van der Waals surface area contributed by atoms with Crippen LogP contribution in [0.2, 0.25) is 0 Å².